The minimum absolute atomic E-state index is 0.0394. The van der Waals surface area contributed by atoms with Gasteiger partial charge in [0.1, 0.15) is 0 Å². The molecule has 0 rings (SSSR count). The fraction of sp³-hybridized carbons (Fsp3) is 0.833. The summed E-state index contributed by atoms with van der Waals surface area (Å²) < 4.78 is 4.72. The van der Waals surface area contributed by atoms with E-state index >= 15 is 0 Å². The Kier molecular flexibility index (Phi) is 5.23. The van der Waals surface area contributed by atoms with Gasteiger partial charge in [-0.2, -0.15) is 0 Å². The van der Waals surface area contributed by atoms with E-state index in [4.69, 9.17) is 44.9 Å². The Morgan fingerprint density at radius 1 is 1.27 bits per heavy atom. The normalized spacial score (nSPS) is 11.3. The molecule has 0 bridgehead atoms. The van der Waals surface area contributed by atoms with E-state index in [0.717, 1.165) is 0 Å². The van der Waals surface area contributed by atoms with Crippen LogP contribution in [0, 0.1) is 10.8 Å². The number of halogens is 3. The van der Waals surface area contributed by atoms with E-state index in [9.17, 15) is 0 Å². The third-order valence-corrected chi connectivity index (χ3v) is 2.99. The van der Waals surface area contributed by atoms with Gasteiger partial charge >= 0.3 is 0 Å². The minimum atomic E-state index is -0.709. The summed E-state index contributed by atoms with van der Waals surface area (Å²) in [4.78, 5) is 0. The minimum Gasteiger partial charge on any atom is -0.484 e. The highest BCUT2D eigenvalue weighted by molar-refractivity contribution is 6.27. The average molecular weight is 219 g/mol. The molecule has 0 aromatic rings. The van der Waals surface area contributed by atoms with Gasteiger partial charge in [-0.25, -0.2) is 0 Å². The Hall–Kier alpha value is 0.340. The van der Waals surface area contributed by atoms with Crippen molar-refractivity contribution < 1.29 is 4.74 Å². The second-order valence-corrected chi connectivity index (χ2v) is 3.02. The second-order valence-electron chi connectivity index (χ2n) is 2.21. The lowest BCUT2D eigenvalue weighted by Crippen LogP contribution is -2.37. The van der Waals surface area contributed by atoms with Crippen LogP contribution >= 0.6 is 34.8 Å². The van der Waals surface area contributed by atoms with Crippen molar-refractivity contribution in [2.75, 3.05) is 24.7 Å². The van der Waals surface area contributed by atoms with Gasteiger partial charge in [-0.3, -0.25) is 5.41 Å². The Labute approximate surface area is 81.3 Å². The number of nitrogens with one attached hydrogen (secondary N) is 1. The number of alkyl halides is 3. The molecule has 11 heavy (non-hydrogen) atoms. The van der Waals surface area contributed by atoms with Crippen LogP contribution in [0.3, 0.4) is 0 Å². The zero-order chi connectivity index (χ0) is 8.91. The Bertz CT molecular complexity index is 128. The lowest BCUT2D eigenvalue weighted by atomic mass is 9.96. The van der Waals surface area contributed by atoms with E-state index in [2.05, 4.69) is 0 Å². The third kappa shape index (κ3) is 2.39. The molecule has 0 aliphatic carbocycles. The fourth-order valence-electron chi connectivity index (χ4n) is 0.506. The molecule has 0 aliphatic rings. The van der Waals surface area contributed by atoms with Crippen molar-refractivity contribution >= 4 is 40.7 Å². The molecule has 0 aliphatic heterocycles. The smallest absolute Gasteiger partial charge is 0.190 e. The summed E-state index contributed by atoms with van der Waals surface area (Å²) >= 11 is 16.8. The maximum absolute atomic E-state index is 7.37. The third-order valence-electron chi connectivity index (χ3n) is 1.45. The molecular formula is C6H10Cl3NO. The molecule has 0 aromatic heterocycles. The molecular weight excluding hydrogens is 208 g/mol. The number of ether oxygens (including phenoxy) is 1. The standard InChI is InChI=1S/C6H10Cl3NO/c1-11-5(10)6(2-7,3-8)4-9/h10H,2-4H2,1H3. The summed E-state index contributed by atoms with van der Waals surface area (Å²) in [7, 11) is 1.41. The number of hydrogen-bond acceptors (Lipinski definition) is 2. The molecule has 0 saturated heterocycles. The van der Waals surface area contributed by atoms with Gasteiger partial charge in [0, 0.05) is 17.6 Å². The van der Waals surface area contributed by atoms with E-state index in [1.165, 1.54) is 7.11 Å². The van der Waals surface area contributed by atoms with Crippen molar-refractivity contribution in [2.24, 2.45) is 5.41 Å². The molecule has 0 atom stereocenters. The highest BCUT2D eigenvalue weighted by Crippen LogP contribution is 2.24. The molecule has 0 aromatic carbocycles. The van der Waals surface area contributed by atoms with Gasteiger partial charge in [-0.1, -0.05) is 0 Å². The van der Waals surface area contributed by atoms with Crippen LogP contribution in [0.25, 0.3) is 0 Å². The zero-order valence-electron chi connectivity index (χ0n) is 6.16. The fourth-order valence-corrected chi connectivity index (χ4v) is 1.73. The van der Waals surface area contributed by atoms with Gasteiger partial charge in [0.15, 0.2) is 5.90 Å². The van der Waals surface area contributed by atoms with Gasteiger partial charge in [0.25, 0.3) is 0 Å². The largest absolute Gasteiger partial charge is 0.484 e. The van der Waals surface area contributed by atoms with Crippen molar-refractivity contribution in [3.8, 4) is 0 Å². The summed E-state index contributed by atoms with van der Waals surface area (Å²) in [6, 6.07) is 0. The quantitative estimate of drug-likeness (QED) is 0.438. The Morgan fingerprint density at radius 3 is 1.73 bits per heavy atom. The highest BCUT2D eigenvalue weighted by atomic mass is 35.5. The molecule has 0 fully saturated rings. The van der Waals surface area contributed by atoms with Gasteiger partial charge in [0.2, 0.25) is 0 Å². The topological polar surface area (TPSA) is 33.1 Å². The van der Waals surface area contributed by atoms with E-state index < -0.39 is 5.41 Å². The van der Waals surface area contributed by atoms with Crippen LogP contribution in [0.4, 0.5) is 0 Å². The molecule has 66 valence electrons. The zero-order valence-corrected chi connectivity index (χ0v) is 8.43. The van der Waals surface area contributed by atoms with Crippen molar-refractivity contribution in [1.82, 2.24) is 0 Å². The SMILES string of the molecule is COC(=N)C(CCl)(CCl)CCl. The molecule has 0 radical (unpaired) electrons. The summed E-state index contributed by atoms with van der Waals surface area (Å²) in [6.45, 7) is 0. The summed E-state index contributed by atoms with van der Waals surface area (Å²) in [5, 5.41) is 7.37. The predicted octanol–water partition coefficient (Wildman–Crippen LogP) is 2.31. The highest BCUT2D eigenvalue weighted by Gasteiger charge is 2.34. The van der Waals surface area contributed by atoms with E-state index in [1.54, 1.807) is 0 Å². The van der Waals surface area contributed by atoms with Crippen molar-refractivity contribution in [1.29, 1.82) is 5.41 Å². The maximum atomic E-state index is 7.37. The summed E-state index contributed by atoms with van der Waals surface area (Å²) in [5.41, 5.74) is -0.709. The molecule has 1 N–H and O–H groups in total. The van der Waals surface area contributed by atoms with Crippen LogP contribution in [0.1, 0.15) is 0 Å². The van der Waals surface area contributed by atoms with Crippen molar-refractivity contribution in [3.05, 3.63) is 0 Å². The van der Waals surface area contributed by atoms with Gasteiger partial charge in [-0.05, 0) is 0 Å². The Balaban J connectivity index is 4.39. The molecule has 2 nitrogen and oxygen atoms in total. The van der Waals surface area contributed by atoms with Crippen LogP contribution in [-0.4, -0.2) is 30.6 Å². The van der Waals surface area contributed by atoms with Gasteiger partial charge in [-0.15, -0.1) is 34.8 Å². The van der Waals surface area contributed by atoms with Crippen LogP contribution in [0.15, 0.2) is 0 Å². The van der Waals surface area contributed by atoms with Gasteiger partial charge in [0.05, 0.1) is 12.5 Å². The lowest BCUT2D eigenvalue weighted by Gasteiger charge is -2.25. The average Bonchev–Trinajstić information content (AvgIpc) is 2.08. The monoisotopic (exact) mass is 217 g/mol. The maximum Gasteiger partial charge on any atom is 0.190 e. The molecule has 0 heterocycles. The summed E-state index contributed by atoms with van der Waals surface area (Å²) in [5.74, 6) is 0.643. The van der Waals surface area contributed by atoms with Crippen LogP contribution in [-0.2, 0) is 4.74 Å². The van der Waals surface area contributed by atoms with E-state index in [-0.39, 0.29) is 23.5 Å². The van der Waals surface area contributed by atoms with Crippen LogP contribution < -0.4 is 0 Å². The van der Waals surface area contributed by atoms with E-state index in [0.29, 0.717) is 0 Å². The predicted molar refractivity (Wildman–Crippen MR) is 49.3 cm³/mol. The molecule has 5 heteroatoms. The molecule has 0 unspecified atom stereocenters. The van der Waals surface area contributed by atoms with Crippen LogP contribution in [0.5, 0.6) is 0 Å². The first-order chi connectivity index (χ1) is 5.16. The lowest BCUT2D eigenvalue weighted by molar-refractivity contribution is 0.337. The first kappa shape index (κ1) is 11.3. The first-order valence-corrected chi connectivity index (χ1v) is 4.58. The number of rotatable bonds is 4. The van der Waals surface area contributed by atoms with Crippen LogP contribution in [0.2, 0.25) is 0 Å². The molecule has 0 spiro atoms. The van der Waals surface area contributed by atoms with Crippen molar-refractivity contribution in [3.63, 3.8) is 0 Å². The second kappa shape index (κ2) is 5.07. The number of hydrogen-bond donors (Lipinski definition) is 1. The molecule has 0 amide bonds. The molecule has 0 saturated carbocycles. The van der Waals surface area contributed by atoms with E-state index in [1.807, 2.05) is 0 Å². The Morgan fingerprint density at radius 2 is 1.64 bits per heavy atom. The first-order valence-electron chi connectivity index (χ1n) is 2.97. The van der Waals surface area contributed by atoms with Gasteiger partial charge < -0.3 is 4.74 Å². The summed E-state index contributed by atoms with van der Waals surface area (Å²) in [6.07, 6.45) is 0. The van der Waals surface area contributed by atoms with Crippen molar-refractivity contribution in [2.45, 2.75) is 0 Å². The number of methoxy groups -OCH3 is 1.